The molecule has 38 heavy (non-hydrogen) atoms. The van der Waals surface area contributed by atoms with Crippen LogP contribution in [0.15, 0.2) is 47.3 Å². The van der Waals surface area contributed by atoms with Gasteiger partial charge in [0.25, 0.3) is 5.56 Å². The minimum Gasteiger partial charge on any atom is -0.495 e. The fourth-order valence-electron chi connectivity index (χ4n) is 6.20. The van der Waals surface area contributed by atoms with Crippen molar-refractivity contribution in [3.05, 3.63) is 75.3 Å². The van der Waals surface area contributed by atoms with Gasteiger partial charge in [0.1, 0.15) is 11.8 Å². The number of H-pyrrole nitrogens is 1. The van der Waals surface area contributed by atoms with Crippen LogP contribution >= 0.6 is 0 Å². The molecule has 0 radical (unpaired) electrons. The normalized spacial score (nSPS) is 17.8. The summed E-state index contributed by atoms with van der Waals surface area (Å²) < 4.78 is 7.62. The van der Waals surface area contributed by atoms with Gasteiger partial charge in [0.2, 0.25) is 0 Å². The van der Waals surface area contributed by atoms with Gasteiger partial charge < -0.3 is 14.6 Å². The first-order valence-electron chi connectivity index (χ1n) is 13.6. The highest BCUT2D eigenvalue weighted by atomic mass is 16.5. The molecule has 1 saturated carbocycles. The number of anilines is 1. The van der Waals surface area contributed by atoms with E-state index in [1.54, 1.807) is 7.11 Å². The van der Waals surface area contributed by atoms with Crippen LogP contribution in [-0.2, 0) is 0 Å². The number of hydrogen-bond acceptors (Lipinski definition) is 7. The van der Waals surface area contributed by atoms with Crippen molar-refractivity contribution in [2.45, 2.75) is 51.6 Å². The summed E-state index contributed by atoms with van der Waals surface area (Å²) in [5.74, 6) is 1.64. The summed E-state index contributed by atoms with van der Waals surface area (Å²) in [6.07, 6.45) is 4.50. The van der Waals surface area contributed by atoms with Crippen molar-refractivity contribution in [2.24, 2.45) is 0 Å². The quantitative estimate of drug-likeness (QED) is 0.414. The molecule has 1 aliphatic carbocycles. The van der Waals surface area contributed by atoms with Crippen LogP contribution in [0.5, 0.6) is 5.75 Å². The van der Waals surface area contributed by atoms with Gasteiger partial charge in [-0.15, -0.1) is 5.10 Å². The van der Waals surface area contributed by atoms with E-state index in [4.69, 9.17) is 4.74 Å². The Morgan fingerprint density at radius 1 is 1.00 bits per heavy atom. The van der Waals surface area contributed by atoms with Crippen LogP contribution in [0.1, 0.15) is 60.3 Å². The van der Waals surface area contributed by atoms with Crippen LogP contribution in [-0.4, -0.2) is 63.4 Å². The van der Waals surface area contributed by atoms with E-state index in [1.807, 2.05) is 29.8 Å². The van der Waals surface area contributed by atoms with Crippen LogP contribution in [0, 0.1) is 13.8 Å². The second-order valence-electron chi connectivity index (χ2n) is 10.6. The number of benzene rings is 2. The van der Waals surface area contributed by atoms with Crippen molar-refractivity contribution in [1.29, 1.82) is 0 Å². The fourth-order valence-corrected chi connectivity index (χ4v) is 6.20. The molecular weight excluding hydrogens is 478 g/mol. The van der Waals surface area contributed by atoms with Crippen molar-refractivity contribution in [1.82, 2.24) is 30.1 Å². The van der Waals surface area contributed by atoms with E-state index in [-0.39, 0.29) is 17.6 Å². The van der Waals surface area contributed by atoms with E-state index in [0.29, 0.717) is 5.56 Å². The average Bonchev–Trinajstić information content (AvgIpc) is 3.65. The number of tetrazole rings is 1. The number of piperazine rings is 1. The van der Waals surface area contributed by atoms with Crippen LogP contribution in [0.3, 0.4) is 0 Å². The highest BCUT2D eigenvalue weighted by Gasteiger charge is 2.35. The van der Waals surface area contributed by atoms with Gasteiger partial charge >= 0.3 is 0 Å². The lowest BCUT2D eigenvalue weighted by Gasteiger charge is -2.40. The minimum atomic E-state index is -0.335. The summed E-state index contributed by atoms with van der Waals surface area (Å²) in [6, 6.07) is 14.3. The Morgan fingerprint density at radius 3 is 2.50 bits per heavy atom. The van der Waals surface area contributed by atoms with Gasteiger partial charge in [-0.2, -0.15) is 0 Å². The standard InChI is InChI=1S/C29H35N7O2/c1-19-12-13-20(2)26-22(19)18-23(29(37)30-26)27(28-31-32-33-36(28)21-8-4-5-9-21)35-16-14-34(15-17-35)24-10-6-7-11-25(24)38-3/h6-7,10-13,18,21,27H,4-5,8-9,14-17H2,1-3H3,(H,30,37)/t27-/m0/s1. The van der Waals surface area contributed by atoms with Crippen LogP contribution in [0.2, 0.25) is 0 Å². The lowest BCUT2D eigenvalue weighted by atomic mass is 9.99. The molecule has 2 aliphatic rings. The topological polar surface area (TPSA) is 92.2 Å². The second kappa shape index (κ2) is 10.2. The fraction of sp³-hybridized carbons (Fsp3) is 0.448. The Kier molecular flexibility index (Phi) is 6.61. The monoisotopic (exact) mass is 513 g/mol. The summed E-state index contributed by atoms with van der Waals surface area (Å²) in [5, 5.41) is 14.2. The summed E-state index contributed by atoms with van der Waals surface area (Å²) in [6.45, 7) is 7.28. The lowest BCUT2D eigenvalue weighted by Crippen LogP contribution is -2.49. The summed E-state index contributed by atoms with van der Waals surface area (Å²) in [4.78, 5) is 21.6. The van der Waals surface area contributed by atoms with Crippen LogP contribution in [0.25, 0.3) is 10.9 Å². The number of nitrogens with one attached hydrogen (secondary N) is 1. The third-order valence-electron chi connectivity index (χ3n) is 8.31. The minimum absolute atomic E-state index is 0.0793. The molecule has 1 N–H and O–H groups in total. The van der Waals surface area contributed by atoms with Gasteiger partial charge in [0.15, 0.2) is 5.82 Å². The molecular formula is C29H35N7O2. The molecule has 1 saturated heterocycles. The summed E-state index contributed by atoms with van der Waals surface area (Å²) in [7, 11) is 1.71. The van der Waals surface area contributed by atoms with Gasteiger partial charge in [-0.25, -0.2) is 4.68 Å². The number of para-hydroxylation sites is 2. The third kappa shape index (κ3) is 4.34. The van der Waals surface area contributed by atoms with Crippen molar-refractivity contribution in [3.8, 4) is 5.75 Å². The van der Waals surface area contributed by atoms with E-state index in [2.05, 4.69) is 61.5 Å². The number of hydrogen-bond donors (Lipinski definition) is 1. The molecule has 4 aromatic rings. The van der Waals surface area contributed by atoms with E-state index in [1.165, 1.54) is 12.8 Å². The molecule has 2 aromatic heterocycles. The predicted molar refractivity (Wildman–Crippen MR) is 148 cm³/mol. The SMILES string of the molecule is COc1ccccc1N1CCN([C@@H](c2cc3c(C)ccc(C)c3[nH]c2=O)c2nnnn2C2CCCC2)CC1. The van der Waals surface area contributed by atoms with E-state index in [9.17, 15) is 4.79 Å². The zero-order chi connectivity index (χ0) is 26.2. The molecule has 6 rings (SSSR count). The molecule has 0 spiro atoms. The van der Waals surface area contributed by atoms with Crippen molar-refractivity contribution in [2.75, 3.05) is 38.2 Å². The van der Waals surface area contributed by atoms with E-state index in [0.717, 1.165) is 78.3 Å². The summed E-state index contributed by atoms with van der Waals surface area (Å²) in [5.41, 5.74) is 4.81. The van der Waals surface area contributed by atoms with Crippen molar-refractivity contribution < 1.29 is 4.74 Å². The molecule has 0 unspecified atom stereocenters. The summed E-state index contributed by atoms with van der Waals surface area (Å²) >= 11 is 0. The highest BCUT2D eigenvalue weighted by molar-refractivity contribution is 5.85. The highest BCUT2D eigenvalue weighted by Crippen LogP contribution is 2.36. The first-order chi connectivity index (χ1) is 18.5. The van der Waals surface area contributed by atoms with Crippen molar-refractivity contribution in [3.63, 3.8) is 0 Å². The smallest absolute Gasteiger partial charge is 0.253 e. The van der Waals surface area contributed by atoms with Crippen LogP contribution < -0.4 is 15.2 Å². The molecule has 2 aromatic carbocycles. The Labute approximate surface area is 222 Å². The maximum Gasteiger partial charge on any atom is 0.253 e. The Hall–Kier alpha value is -3.72. The number of rotatable bonds is 6. The van der Waals surface area contributed by atoms with E-state index >= 15 is 0 Å². The molecule has 0 amide bonds. The first kappa shape index (κ1) is 24.6. The van der Waals surface area contributed by atoms with Gasteiger partial charge in [0.05, 0.1) is 24.4 Å². The maximum atomic E-state index is 13.7. The largest absolute Gasteiger partial charge is 0.495 e. The second-order valence-corrected chi connectivity index (χ2v) is 10.6. The molecule has 9 nitrogen and oxygen atoms in total. The number of aromatic nitrogens is 5. The first-order valence-corrected chi connectivity index (χ1v) is 13.6. The van der Waals surface area contributed by atoms with Crippen molar-refractivity contribution >= 4 is 16.6 Å². The van der Waals surface area contributed by atoms with Gasteiger partial charge in [0, 0.05) is 37.1 Å². The Balaban J connectivity index is 1.41. The molecule has 198 valence electrons. The molecule has 9 heteroatoms. The number of fused-ring (bicyclic) bond motifs is 1. The van der Waals surface area contributed by atoms with Crippen LogP contribution in [0.4, 0.5) is 5.69 Å². The zero-order valence-corrected chi connectivity index (χ0v) is 22.4. The zero-order valence-electron chi connectivity index (χ0n) is 22.4. The Morgan fingerprint density at radius 2 is 1.74 bits per heavy atom. The van der Waals surface area contributed by atoms with Gasteiger partial charge in [-0.3, -0.25) is 9.69 Å². The number of ether oxygens (including phenoxy) is 1. The Bertz CT molecular complexity index is 1500. The average molecular weight is 514 g/mol. The molecule has 0 bridgehead atoms. The predicted octanol–water partition coefficient (Wildman–Crippen LogP) is 4.17. The molecule has 1 atom stereocenters. The van der Waals surface area contributed by atoms with Gasteiger partial charge in [-0.05, 0) is 66.4 Å². The number of aryl methyl sites for hydroxylation is 2. The van der Waals surface area contributed by atoms with E-state index < -0.39 is 0 Å². The maximum absolute atomic E-state index is 13.7. The number of aromatic amines is 1. The number of nitrogens with zero attached hydrogens (tertiary/aromatic N) is 6. The molecule has 2 fully saturated rings. The third-order valence-corrected chi connectivity index (χ3v) is 8.31. The lowest BCUT2D eigenvalue weighted by molar-refractivity contribution is 0.196. The molecule has 1 aliphatic heterocycles. The number of pyridine rings is 1. The molecule has 3 heterocycles. The van der Waals surface area contributed by atoms with Gasteiger partial charge in [-0.1, -0.05) is 37.1 Å². The number of methoxy groups -OCH3 is 1.